The van der Waals surface area contributed by atoms with Crippen LogP contribution in [0.4, 0.5) is 5.82 Å². The molecule has 2 aromatic carbocycles. The van der Waals surface area contributed by atoms with Crippen LogP contribution >= 0.6 is 0 Å². The van der Waals surface area contributed by atoms with E-state index in [0.717, 1.165) is 27.9 Å². The van der Waals surface area contributed by atoms with Crippen LogP contribution in [0.3, 0.4) is 0 Å². The summed E-state index contributed by atoms with van der Waals surface area (Å²) in [6.45, 7) is 0. The lowest BCUT2D eigenvalue weighted by Gasteiger charge is -2.09. The summed E-state index contributed by atoms with van der Waals surface area (Å²) in [5, 5.41) is 1.00. The molecule has 0 amide bonds. The second-order valence-corrected chi connectivity index (χ2v) is 4.66. The second kappa shape index (κ2) is 4.06. The Kier molecular flexibility index (Phi) is 2.23. The molecule has 4 aromatic rings. The lowest BCUT2D eigenvalue weighted by atomic mass is 10.2. The van der Waals surface area contributed by atoms with E-state index in [9.17, 15) is 0 Å². The van der Waals surface area contributed by atoms with Gasteiger partial charge in [0.1, 0.15) is 17.3 Å². The van der Waals surface area contributed by atoms with Crippen molar-refractivity contribution in [2.24, 2.45) is 0 Å². The van der Waals surface area contributed by atoms with Crippen LogP contribution in [0.5, 0.6) is 0 Å². The van der Waals surface area contributed by atoms with E-state index in [0.29, 0.717) is 5.82 Å². The van der Waals surface area contributed by atoms with Gasteiger partial charge in [0.05, 0.1) is 11.7 Å². The molecule has 0 aliphatic carbocycles. The van der Waals surface area contributed by atoms with Crippen LogP contribution in [0.1, 0.15) is 0 Å². The van der Waals surface area contributed by atoms with E-state index in [4.69, 9.17) is 10.7 Å². The average molecular weight is 260 g/mol. The van der Waals surface area contributed by atoms with Gasteiger partial charge < -0.3 is 5.73 Å². The van der Waals surface area contributed by atoms with Crippen molar-refractivity contribution in [3.05, 3.63) is 60.8 Å². The van der Waals surface area contributed by atoms with Crippen LogP contribution < -0.4 is 5.73 Å². The third kappa shape index (κ3) is 1.48. The van der Waals surface area contributed by atoms with Crippen molar-refractivity contribution < 1.29 is 0 Å². The van der Waals surface area contributed by atoms with Gasteiger partial charge in [0.2, 0.25) is 0 Å². The molecule has 2 heterocycles. The molecule has 0 bridgehead atoms. The minimum absolute atomic E-state index is 0.595. The van der Waals surface area contributed by atoms with Gasteiger partial charge in [-0.3, -0.25) is 4.40 Å². The fourth-order valence-corrected chi connectivity index (χ4v) is 2.48. The largest absolute Gasteiger partial charge is 0.383 e. The summed E-state index contributed by atoms with van der Waals surface area (Å²) in [5.41, 5.74) is 8.85. The maximum absolute atomic E-state index is 6.07. The topological polar surface area (TPSA) is 56.2 Å². The SMILES string of the molecule is Nc1cnc2c3ccccc3nc(-c3ccccc3)n12. The van der Waals surface area contributed by atoms with Crippen molar-refractivity contribution in [2.75, 3.05) is 5.73 Å². The highest BCUT2D eigenvalue weighted by atomic mass is 15.1. The lowest BCUT2D eigenvalue weighted by Crippen LogP contribution is -2.01. The number of nitrogens with zero attached hydrogens (tertiary/aromatic N) is 3. The molecule has 4 nitrogen and oxygen atoms in total. The Morgan fingerprint density at radius 1 is 0.900 bits per heavy atom. The van der Waals surface area contributed by atoms with Crippen LogP contribution in [0.2, 0.25) is 0 Å². The molecule has 96 valence electrons. The van der Waals surface area contributed by atoms with Gasteiger partial charge in [0.15, 0.2) is 0 Å². The average Bonchev–Trinajstić information content (AvgIpc) is 2.90. The molecule has 0 aliphatic rings. The fraction of sp³-hybridized carbons (Fsp3) is 0. The molecule has 4 heteroatoms. The molecule has 2 N–H and O–H groups in total. The predicted octanol–water partition coefficient (Wildman–Crippen LogP) is 3.13. The van der Waals surface area contributed by atoms with Gasteiger partial charge in [0, 0.05) is 10.9 Å². The van der Waals surface area contributed by atoms with Crippen molar-refractivity contribution in [3.8, 4) is 11.4 Å². The minimum atomic E-state index is 0.595. The molecule has 2 aromatic heterocycles. The highest BCUT2D eigenvalue weighted by Gasteiger charge is 2.12. The number of nitrogen functional groups attached to an aromatic ring is 1. The summed E-state index contributed by atoms with van der Waals surface area (Å²) in [7, 11) is 0. The Morgan fingerprint density at radius 2 is 1.65 bits per heavy atom. The monoisotopic (exact) mass is 260 g/mol. The Bertz CT molecular complexity index is 910. The van der Waals surface area contributed by atoms with Gasteiger partial charge in [-0.2, -0.15) is 0 Å². The first-order valence-corrected chi connectivity index (χ1v) is 6.42. The third-order valence-corrected chi connectivity index (χ3v) is 3.40. The van der Waals surface area contributed by atoms with E-state index in [2.05, 4.69) is 4.98 Å². The van der Waals surface area contributed by atoms with Crippen LogP contribution in [-0.2, 0) is 0 Å². The number of benzene rings is 2. The Labute approximate surface area is 115 Å². The molecule has 0 atom stereocenters. The van der Waals surface area contributed by atoms with Crippen molar-refractivity contribution in [3.63, 3.8) is 0 Å². The zero-order valence-corrected chi connectivity index (χ0v) is 10.7. The number of imidazole rings is 1. The zero-order chi connectivity index (χ0) is 13.5. The van der Waals surface area contributed by atoms with Crippen molar-refractivity contribution in [2.45, 2.75) is 0 Å². The lowest BCUT2D eigenvalue weighted by molar-refractivity contribution is 1.14. The number of rotatable bonds is 1. The van der Waals surface area contributed by atoms with Crippen molar-refractivity contribution >= 4 is 22.4 Å². The Morgan fingerprint density at radius 3 is 2.50 bits per heavy atom. The molecule has 0 saturated carbocycles. The van der Waals surface area contributed by atoms with Gasteiger partial charge >= 0.3 is 0 Å². The normalized spacial score (nSPS) is 11.2. The second-order valence-electron chi connectivity index (χ2n) is 4.66. The molecule has 0 saturated heterocycles. The molecular formula is C16H12N4. The van der Waals surface area contributed by atoms with E-state index < -0.39 is 0 Å². The summed E-state index contributed by atoms with van der Waals surface area (Å²) in [6, 6.07) is 18.0. The third-order valence-electron chi connectivity index (χ3n) is 3.40. The van der Waals surface area contributed by atoms with Gasteiger partial charge in [-0.25, -0.2) is 9.97 Å². The minimum Gasteiger partial charge on any atom is -0.383 e. The summed E-state index contributed by atoms with van der Waals surface area (Å²) in [5.74, 6) is 1.41. The first-order valence-electron chi connectivity index (χ1n) is 6.42. The highest BCUT2D eigenvalue weighted by Crippen LogP contribution is 2.26. The highest BCUT2D eigenvalue weighted by molar-refractivity contribution is 5.93. The number of hydrogen-bond donors (Lipinski definition) is 1. The predicted molar refractivity (Wildman–Crippen MR) is 80.3 cm³/mol. The van der Waals surface area contributed by atoms with Gasteiger partial charge in [-0.05, 0) is 12.1 Å². The number of nitrogens with two attached hydrogens (primary N) is 1. The van der Waals surface area contributed by atoms with E-state index in [-0.39, 0.29) is 0 Å². The fourth-order valence-electron chi connectivity index (χ4n) is 2.48. The number of anilines is 1. The summed E-state index contributed by atoms with van der Waals surface area (Å²) >= 11 is 0. The van der Waals surface area contributed by atoms with E-state index in [1.54, 1.807) is 6.20 Å². The molecular weight excluding hydrogens is 248 g/mol. The standard InChI is InChI=1S/C16H12N4/c17-14-10-18-16-12-8-4-5-9-13(12)19-15(20(14)16)11-6-2-1-3-7-11/h1-10H,17H2. The number of para-hydroxylation sites is 1. The Hall–Kier alpha value is -2.88. The molecule has 0 radical (unpaired) electrons. The van der Waals surface area contributed by atoms with Crippen molar-refractivity contribution in [1.29, 1.82) is 0 Å². The zero-order valence-electron chi connectivity index (χ0n) is 10.7. The number of aromatic nitrogens is 3. The van der Waals surface area contributed by atoms with Gasteiger partial charge in [-0.1, -0.05) is 42.5 Å². The summed E-state index contributed by atoms with van der Waals surface area (Å²) < 4.78 is 1.90. The van der Waals surface area contributed by atoms with Crippen molar-refractivity contribution in [1.82, 2.24) is 14.4 Å². The molecule has 0 unspecified atom stereocenters. The van der Waals surface area contributed by atoms with E-state index >= 15 is 0 Å². The smallest absolute Gasteiger partial charge is 0.149 e. The van der Waals surface area contributed by atoms with Crippen LogP contribution in [-0.4, -0.2) is 14.4 Å². The summed E-state index contributed by atoms with van der Waals surface area (Å²) in [6.07, 6.45) is 1.68. The number of fused-ring (bicyclic) bond motifs is 3. The van der Waals surface area contributed by atoms with Crippen LogP contribution in [0.15, 0.2) is 60.8 Å². The number of hydrogen-bond acceptors (Lipinski definition) is 3. The Balaban J connectivity index is 2.20. The first kappa shape index (κ1) is 11.0. The van der Waals surface area contributed by atoms with Crippen LogP contribution in [0.25, 0.3) is 27.9 Å². The van der Waals surface area contributed by atoms with E-state index in [1.165, 1.54) is 0 Å². The van der Waals surface area contributed by atoms with E-state index in [1.807, 2.05) is 59.0 Å². The van der Waals surface area contributed by atoms with Crippen LogP contribution in [0, 0.1) is 0 Å². The molecule has 0 spiro atoms. The van der Waals surface area contributed by atoms with Gasteiger partial charge in [0.25, 0.3) is 0 Å². The van der Waals surface area contributed by atoms with Gasteiger partial charge in [-0.15, -0.1) is 0 Å². The molecule has 4 rings (SSSR count). The quantitative estimate of drug-likeness (QED) is 0.572. The molecule has 0 aliphatic heterocycles. The molecule has 0 fully saturated rings. The molecule has 20 heavy (non-hydrogen) atoms. The first-order chi connectivity index (χ1) is 9.84. The maximum Gasteiger partial charge on any atom is 0.149 e. The maximum atomic E-state index is 6.07. The summed E-state index contributed by atoms with van der Waals surface area (Å²) in [4.78, 5) is 9.18.